The van der Waals surface area contributed by atoms with Gasteiger partial charge in [-0.2, -0.15) is 0 Å². The van der Waals surface area contributed by atoms with E-state index < -0.39 is 0 Å². The van der Waals surface area contributed by atoms with Gasteiger partial charge in [0.05, 0.1) is 6.04 Å². The first-order valence-electron chi connectivity index (χ1n) is 6.36. The molecule has 0 bridgehead atoms. The Morgan fingerprint density at radius 2 is 2.21 bits per heavy atom. The Labute approximate surface area is 122 Å². The van der Waals surface area contributed by atoms with Crippen LogP contribution >= 0.6 is 23.1 Å². The van der Waals surface area contributed by atoms with Crippen LogP contribution in [0, 0.1) is 12.7 Å². The molecule has 0 saturated carbocycles. The minimum atomic E-state index is -0.169. The predicted molar refractivity (Wildman–Crippen MR) is 82.6 cm³/mol. The maximum absolute atomic E-state index is 13.2. The van der Waals surface area contributed by atoms with Gasteiger partial charge in [-0.1, -0.05) is 13.0 Å². The molecule has 2 rings (SSSR count). The van der Waals surface area contributed by atoms with Crippen molar-refractivity contribution >= 4 is 23.1 Å². The van der Waals surface area contributed by atoms with E-state index in [1.54, 1.807) is 35.2 Å². The second kappa shape index (κ2) is 7.08. The molecule has 0 spiro atoms. The topological polar surface area (TPSA) is 12.0 Å². The number of thioether (sulfide) groups is 1. The van der Waals surface area contributed by atoms with Gasteiger partial charge < -0.3 is 5.32 Å². The Morgan fingerprint density at radius 1 is 1.37 bits per heavy atom. The first-order chi connectivity index (χ1) is 9.20. The maximum Gasteiger partial charge on any atom is 0.124 e. The van der Waals surface area contributed by atoms with E-state index in [9.17, 15) is 4.39 Å². The van der Waals surface area contributed by atoms with E-state index in [1.807, 2.05) is 6.07 Å². The van der Waals surface area contributed by atoms with Crippen LogP contribution in [-0.4, -0.2) is 12.3 Å². The highest BCUT2D eigenvalue weighted by Crippen LogP contribution is 2.29. The summed E-state index contributed by atoms with van der Waals surface area (Å²) >= 11 is 3.48. The summed E-state index contributed by atoms with van der Waals surface area (Å²) in [6.45, 7) is 5.19. The Balaban J connectivity index is 2.04. The summed E-state index contributed by atoms with van der Waals surface area (Å²) in [6.07, 6.45) is 0. The Morgan fingerprint density at radius 3 is 2.84 bits per heavy atom. The summed E-state index contributed by atoms with van der Waals surface area (Å²) in [6, 6.07) is 9.27. The Bertz CT molecular complexity index is 524. The highest BCUT2D eigenvalue weighted by molar-refractivity contribution is 7.99. The van der Waals surface area contributed by atoms with E-state index in [0.29, 0.717) is 6.04 Å². The minimum absolute atomic E-state index is 0.169. The van der Waals surface area contributed by atoms with Crippen LogP contribution in [0.5, 0.6) is 0 Å². The van der Waals surface area contributed by atoms with Crippen molar-refractivity contribution in [2.75, 3.05) is 12.3 Å². The molecular formula is C15H18FNS2. The molecule has 0 fully saturated rings. The molecule has 1 N–H and O–H groups in total. The zero-order valence-electron chi connectivity index (χ0n) is 11.2. The van der Waals surface area contributed by atoms with Crippen molar-refractivity contribution in [2.24, 2.45) is 0 Å². The van der Waals surface area contributed by atoms with Gasteiger partial charge in [-0.05, 0) is 48.7 Å². The fourth-order valence-electron chi connectivity index (χ4n) is 1.95. The lowest BCUT2D eigenvalue weighted by Gasteiger charge is -2.17. The van der Waals surface area contributed by atoms with Crippen molar-refractivity contribution < 1.29 is 4.39 Å². The Kier molecular flexibility index (Phi) is 5.43. The molecule has 4 heteroatoms. The molecule has 2 aromatic rings. The fourth-order valence-corrected chi connectivity index (χ4v) is 4.07. The third kappa shape index (κ3) is 4.06. The number of rotatable bonds is 6. The summed E-state index contributed by atoms with van der Waals surface area (Å²) in [7, 11) is 0. The maximum atomic E-state index is 13.2. The summed E-state index contributed by atoms with van der Waals surface area (Å²) in [5, 5.41) is 5.63. The number of aryl methyl sites for hydroxylation is 1. The first-order valence-corrected chi connectivity index (χ1v) is 8.23. The molecule has 1 heterocycles. The van der Waals surface area contributed by atoms with E-state index in [1.165, 1.54) is 16.5 Å². The van der Waals surface area contributed by atoms with Crippen LogP contribution < -0.4 is 5.32 Å². The summed E-state index contributed by atoms with van der Waals surface area (Å²) in [5.41, 5.74) is 1.33. The molecule has 1 nitrogen and oxygen atoms in total. The lowest BCUT2D eigenvalue weighted by atomic mass is 10.2. The van der Waals surface area contributed by atoms with Crippen LogP contribution in [0.1, 0.15) is 23.4 Å². The van der Waals surface area contributed by atoms with Gasteiger partial charge in [0, 0.05) is 15.5 Å². The Hall–Kier alpha value is -0.840. The van der Waals surface area contributed by atoms with E-state index in [4.69, 9.17) is 0 Å². The van der Waals surface area contributed by atoms with Crippen molar-refractivity contribution in [1.29, 1.82) is 0 Å². The molecule has 0 saturated heterocycles. The zero-order valence-corrected chi connectivity index (χ0v) is 12.8. The van der Waals surface area contributed by atoms with Gasteiger partial charge >= 0.3 is 0 Å². The first kappa shape index (κ1) is 14.6. The number of thiophene rings is 1. The molecule has 1 unspecified atom stereocenters. The summed E-state index contributed by atoms with van der Waals surface area (Å²) < 4.78 is 13.2. The quantitative estimate of drug-likeness (QED) is 0.779. The molecule has 19 heavy (non-hydrogen) atoms. The molecule has 1 atom stereocenters. The van der Waals surface area contributed by atoms with Crippen molar-refractivity contribution in [3.63, 3.8) is 0 Å². The van der Waals surface area contributed by atoms with Gasteiger partial charge in [-0.3, -0.25) is 0 Å². The minimum Gasteiger partial charge on any atom is -0.309 e. The molecule has 0 amide bonds. The van der Waals surface area contributed by atoms with Crippen molar-refractivity contribution in [1.82, 2.24) is 5.32 Å². The highest BCUT2D eigenvalue weighted by atomic mass is 32.2. The predicted octanol–water partition coefficient (Wildman–Crippen LogP) is 4.64. The van der Waals surface area contributed by atoms with E-state index in [-0.39, 0.29) is 5.82 Å². The normalized spacial score (nSPS) is 12.6. The lowest BCUT2D eigenvalue weighted by Crippen LogP contribution is -2.22. The summed E-state index contributed by atoms with van der Waals surface area (Å²) in [5.74, 6) is 0.746. The van der Waals surface area contributed by atoms with Crippen LogP contribution in [0.25, 0.3) is 0 Å². The molecule has 0 aliphatic heterocycles. The van der Waals surface area contributed by atoms with Crippen LogP contribution in [0.3, 0.4) is 0 Å². The molecule has 1 aromatic carbocycles. The van der Waals surface area contributed by atoms with Gasteiger partial charge in [-0.15, -0.1) is 23.1 Å². The zero-order chi connectivity index (χ0) is 13.7. The van der Waals surface area contributed by atoms with Crippen molar-refractivity contribution in [3.05, 3.63) is 52.0 Å². The van der Waals surface area contributed by atoms with Crippen LogP contribution in [-0.2, 0) is 0 Å². The average molecular weight is 295 g/mol. The van der Waals surface area contributed by atoms with E-state index in [0.717, 1.165) is 17.2 Å². The molecule has 102 valence electrons. The smallest absolute Gasteiger partial charge is 0.124 e. The van der Waals surface area contributed by atoms with Gasteiger partial charge in [0.1, 0.15) is 5.82 Å². The van der Waals surface area contributed by atoms with Crippen LogP contribution in [0.2, 0.25) is 0 Å². The molecule has 0 aliphatic rings. The monoisotopic (exact) mass is 295 g/mol. The third-order valence-electron chi connectivity index (χ3n) is 2.88. The average Bonchev–Trinajstić information content (AvgIpc) is 2.81. The van der Waals surface area contributed by atoms with Crippen molar-refractivity contribution in [2.45, 2.75) is 24.8 Å². The van der Waals surface area contributed by atoms with Gasteiger partial charge in [0.25, 0.3) is 0 Å². The lowest BCUT2D eigenvalue weighted by molar-refractivity contribution is 0.611. The second-order valence-corrected chi connectivity index (χ2v) is 6.39. The number of benzene rings is 1. The number of halogens is 1. The number of hydrogen-bond acceptors (Lipinski definition) is 3. The van der Waals surface area contributed by atoms with Gasteiger partial charge in [0.15, 0.2) is 0 Å². The van der Waals surface area contributed by atoms with E-state index >= 15 is 0 Å². The largest absolute Gasteiger partial charge is 0.309 e. The highest BCUT2D eigenvalue weighted by Gasteiger charge is 2.14. The van der Waals surface area contributed by atoms with Gasteiger partial charge in [-0.25, -0.2) is 4.39 Å². The van der Waals surface area contributed by atoms with Crippen LogP contribution in [0.15, 0.2) is 40.6 Å². The fraction of sp³-hybridized carbons (Fsp3) is 0.333. The number of hydrogen-bond donors (Lipinski definition) is 1. The van der Waals surface area contributed by atoms with E-state index in [2.05, 4.69) is 30.6 Å². The second-order valence-electron chi connectivity index (χ2n) is 4.35. The molecule has 0 radical (unpaired) electrons. The third-order valence-corrected chi connectivity index (χ3v) is 5.10. The van der Waals surface area contributed by atoms with Crippen molar-refractivity contribution in [3.8, 4) is 0 Å². The molecule has 1 aromatic heterocycles. The molecule has 0 aliphatic carbocycles. The standard InChI is InChI=1S/C15H18FNS2/c1-3-17-14(15-11(2)7-8-18-15)10-19-13-6-4-5-12(16)9-13/h4-9,14,17H,3,10H2,1-2H3. The summed E-state index contributed by atoms with van der Waals surface area (Å²) in [4.78, 5) is 2.36. The number of nitrogens with one attached hydrogen (secondary N) is 1. The molecular weight excluding hydrogens is 277 g/mol. The van der Waals surface area contributed by atoms with Crippen LogP contribution in [0.4, 0.5) is 4.39 Å². The SMILES string of the molecule is CCNC(CSc1cccc(F)c1)c1sccc1C. The van der Waals surface area contributed by atoms with Gasteiger partial charge in [0.2, 0.25) is 0 Å².